The minimum absolute atomic E-state index is 0.0434. The lowest BCUT2D eigenvalue weighted by molar-refractivity contribution is -0.117. The predicted molar refractivity (Wildman–Crippen MR) is 104 cm³/mol. The average molecular weight is 365 g/mol. The fourth-order valence-corrected chi connectivity index (χ4v) is 2.99. The molecule has 1 heterocycles. The number of benzene rings is 1. The van der Waals surface area contributed by atoms with Gasteiger partial charge in [0.1, 0.15) is 11.6 Å². The summed E-state index contributed by atoms with van der Waals surface area (Å²) in [6.07, 6.45) is 1.58. The van der Waals surface area contributed by atoms with E-state index in [1.807, 2.05) is 51.3 Å². The first-order valence-corrected chi connectivity index (χ1v) is 8.61. The second-order valence-electron chi connectivity index (χ2n) is 6.77. The fourth-order valence-electron chi connectivity index (χ4n) is 2.99. The molecule has 0 aliphatic heterocycles. The fraction of sp³-hybridized carbons (Fsp3) is 0.286. The summed E-state index contributed by atoms with van der Waals surface area (Å²) in [4.78, 5) is 23.3. The van der Waals surface area contributed by atoms with Crippen molar-refractivity contribution in [1.29, 1.82) is 5.26 Å². The summed E-state index contributed by atoms with van der Waals surface area (Å²) < 4.78 is 1.99. The van der Waals surface area contributed by atoms with Crippen molar-refractivity contribution in [2.45, 2.75) is 40.7 Å². The SMILES string of the molecule is Cc1cc(C(=O)O)ccc1-n1c(C)cc(/C=C(/C#N)C(=O)NC(C)C)c1C. The number of nitriles is 1. The molecule has 2 N–H and O–H groups in total. The molecular weight excluding hydrogens is 342 g/mol. The number of aryl methyl sites for hydroxylation is 2. The summed E-state index contributed by atoms with van der Waals surface area (Å²) in [5.74, 6) is -1.37. The summed E-state index contributed by atoms with van der Waals surface area (Å²) in [5, 5.41) is 21.2. The van der Waals surface area contributed by atoms with Crippen LogP contribution in [-0.4, -0.2) is 27.6 Å². The third kappa shape index (κ3) is 4.26. The molecule has 0 atom stereocenters. The van der Waals surface area contributed by atoms with E-state index in [1.165, 1.54) is 0 Å². The van der Waals surface area contributed by atoms with Crippen molar-refractivity contribution in [3.05, 3.63) is 57.9 Å². The van der Waals surface area contributed by atoms with E-state index in [-0.39, 0.29) is 17.2 Å². The number of rotatable bonds is 5. The van der Waals surface area contributed by atoms with Crippen LogP contribution in [0, 0.1) is 32.1 Å². The number of amides is 1. The molecule has 2 rings (SSSR count). The monoisotopic (exact) mass is 365 g/mol. The molecule has 2 aromatic rings. The second kappa shape index (κ2) is 7.92. The van der Waals surface area contributed by atoms with E-state index in [2.05, 4.69) is 5.32 Å². The molecule has 0 spiro atoms. The number of carboxylic acids is 1. The molecule has 27 heavy (non-hydrogen) atoms. The van der Waals surface area contributed by atoms with Gasteiger partial charge in [0, 0.05) is 23.1 Å². The van der Waals surface area contributed by atoms with Gasteiger partial charge in [-0.25, -0.2) is 4.79 Å². The van der Waals surface area contributed by atoms with E-state index in [9.17, 15) is 14.9 Å². The van der Waals surface area contributed by atoms with Crippen molar-refractivity contribution in [3.8, 4) is 11.8 Å². The Balaban J connectivity index is 2.51. The highest BCUT2D eigenvalue weighted by Gasteiger charge is 2.16. The molecule has 0 bridgehead atoms. The Morgan fingerprint density at radius 3 is 2.41 bits per heavy atom. The summed E-state index contributed by atoms with van der Waals surface area (Å²) in [5.41, 5.74) is 4.52. The largest absolute Gasteiger partial charge is 0.478 e. The van der Waals surface area contributed by atoms with Crippen molar-refractivity contribution in [2.24, 2.45) is 0 Å². The number of nitrogens with one attached hydrogen (secondary N) is 1. The van der Waals surface area contributed by atoms with E-state index in [0.29, 0.717) is 0 Å². The Labute approximate surface area is 158 Å². The minimum Gasteiger partial charge on any atom is -0.478 e. The second-order valence-corrected chi connectivity index (χ2v) is 6.77. The van der Waals surface area contributed by atoms with Gasteiger partial charge >= 0.3 is 5.97 Å². The van der Waals surface area contributed by atoms with Gasteiger partial charge in [-0.05, 0) is 76.1 Å². The van der Waals surface area contributed by atoms with Crippen molar-refractivity contribution < 1.29 is 14.7 Å². The van der Waals surface area contributed by atoms with Gasteiger partial charge in [0.15, 0.2) is 0 Å². The van der Waals surface area contributed by atoms with Gasteiger partial charge in [-0.3, -0.25) is 4.79 Å². The third-order valence-corrected chi connectivity index (χ3v) is 4.24. The molecule has 0 saturated carbocycles. The topological polar surface area (TPSA) is 95.1 Å². The Morgan fingerprint density at radius 2 is 1.89 bits per heavy atom. The first-order valence-electron chi connectivity index (χ1n) is 8.61. The average Bonchev–Trinajstić information content (AvgIpc) is 2.85. The van der Waals surface area contributed by atoms with Gasteiger partial charge in [0.25, 0.3) is 5.91 Å². The molecular formula is C21H23N3O3. The normalized spacial score (nSPS) is 11.4. The van der Waals surface area contributed by atoms with Gasteiger partial charge in [0.05, 0.1) is 5.56 Å². The Hall–Kier alpha value is -3.33. The lowest BCUT2D eigenvalue weighted by Gasteiger charge is -2.13. The maximum atomic E-state index is 12.2. The molecule has 1 aromatic carbocycles. The summed E-state index contributed by atoms with van der Waals surface area (Å²) >= 11 is 0. The van der Waals surface area contributed by atoms with Gasteiger partial charge in [-0.15, -0.1) is 0 Å². The van der Waals surface area contributed by atoms with E-state index in [4.69, 9.17) is 5.11 Å². The first kappa shape index (κ1) is 20.0. The van der Waals surface area contributed by atoms with E-state index in [1.54, 1.807) is 24.3 Å². The number of carbonyl (C=O) groups excluding carboxylic acids is 1. The molecule has 1 aromatic heterocycles. The van der Waals surface area contributed by atoms with Crippen LogP contribution in [0.15, 0.2) is 29.8 Å². The maximum absolute atomic E-state index is 12.2. The van der Waals surface area contributed by atoms with Crippen LogP contribution in [-0.2, 0) is 4.79 Å². The van der Waals surface area contributed by atoms with Crippen LogP contribution in [0.3, 0.4) is 0 Å². The lowest BCUT2D eigenvalue weighted by atomic mass is 10.1. The maximum Gasteiger partial charge on any atom is 0.335 e. The highest BCUT2D eigenvalue weighted by molar-refractivity contribution is 6.02. The van der Waals surface area contributed by atoms with E-state index < -0.39 is 11.9 Å². The Kier molecular flexibility index (Phi) is 5.86. The number of hydrogen-bond acceptors (Lipinski definition) is 3. The van der Waals surface area contributed by atoms with Gasteiger partial charge in [0.2, 0.25) is 0 Å². The standard InChI is InChI=1S/C21H23N3O3/c1-12(2)23-20(25)18(11-22)10-17-9-14(4)24(15(17)5)19-7-6-16(21(26)27)8-13(19)3/h6-10,12H,1-5H3,(H,23,25)(H,26,27)/b18-10-. The molecule has 6 heteroatoms. The first-order chi connectivity index (χ1) is 12.6. The smallest absolute Gasteiger partial charge is 0.335 e. The molecule has 6 nitrogen and oxygen atoms in total. The van der Waals surface area contributed by atoms with Crippen LogP contribution in [0.5, 0.6) is 0 Å². The van der Waals surface area contributed by atoms with E-state index in [0.717, 1.165) is 28.2 Å². The Morgan fingerprint density at radius 1 is 1.22 bits per heavy atom. The van der Waals surface area contributed by atoms with Crippen molar-refractivity contribution >= 4 is 18.0 Å². The van der Waals surface area contributed by atoms with Crippen LogP contribution in [0.1, 0.15) is 46.7 Å². The van der Waals surface area contributed by atoms with E-state index >= 15 is 0 Å². The van der Waals surface area contributed by atoms with Crippen LogP contribution >= 0.6 is 0 Å². The molecule has 1 amide bonds. The zero-order valence-corrected chi connectivity index (χ0v) is 16.1. The zero-order chi connectivity index (χ0) is 20.3. The Bertz CT molecular complexity index is 975. The van der Waals surface area contributed by atoms with Gasteiger partial charge in [-0.1, -0.05) is 0 Å². The molecule has 140 valence electrons. The third-order valence-electron chi connectivity index (χ3n) is 4.24. The predicted octanol–water partition coefficient (Wildman–Crippen LogP) is 3.53. The lowest BCUT2D eigenvalue weighted by Crippen LogP contribution is -2.30. The van der Waals surface area contributed by atoms with Crippen molar-refractivity contribution in [2.75, 3.05) is 0 Å². The van der Waals surface area contributed by atoms with Crippen LogP contribution < -0.4 is 5.32 Å². The van der Waals surface area contributed by atoms with Gasteiger partial charge in [-0.2, -0.15) is 5.26 Å². The number of nitrogens with zero attached hydrogens (tertiary/aromatic N) is 2. The van der Waals surface area contributed by atoms with Crippen molar-refractivity contribution in [3.63, 3.8) is 0 Å². The minimum atomic E-state index is -0.968. The molecule has 0 aliphatic carbocycles. The van der Waals surface area contributed by atoms with Gasteiger partial charge < -0.3 is 15.0 Å². The number of carbonyl (C=O) groups is 2. The number of carboxylic acid groups (broad SMARTS) is 1. The number of hydrogen-bond donors (Lipinski definition) is 2. The number of aromatic nitrogens is 1. The van der Waals surface area contributed by atoms with Crippen LogP contribution in [0.4, 0.5) is 0 Å². The zero-order valence-electron chi connectivity index (χ0n) is 16.1. The summed E-state index contributed by atoms with van der Waals surface area (Å²) in [6.45, 7) is 9.35. The van der Waals surface area contributed by atoms with Crippen LogP contribution in [0.25, 0.3) is 11.8 Å². The molecule has 0 saturated heterocycles. The molecule has 0 unspecified atom stereocenters. The van der Waals surface area contributed by atoms with Crippen LogP contribution in [0.2, 0.25) is 0 Å². The summed E-state index contributed by atoms with van der Waals surface area (Å²) in [7, 11) is 0. The highest BCUT2D eigenvalue weighted by atomic mass is 16.4. The van der Waals surface area contributed by atoms with Crippen molar-refractivity contribution in [1.82, 2.24) is 9.88 Å². The highest BCUT2D eigenvalue weighted by Crippen LogP contribution is 2.25. The quantitative estimate of drug-likeness (QED) is 0.626. The molecule has 0 aliphatic rings. The molecule has 0 radical (unpaired) electrons. The number of aromatic carboxylic acids is 1. The summed E-state index contributed by atoms with van der Waals surface area (Å²) in [6, 6.07) is 8.76. The molecule has 0 fully saturated rings.